The van der Waals surface area contributed by atoms with Crippen molar-refractivity contribution in [1.29, 1.82) is 0 Å². The Hall–Kier alpha value is -2.37. The predicted octanol–water partition coefficient (Wildman–Crippen LogP) is 3.01. The van der Waals surface area contributed by atoms with E-state index in [1.54, 1.807) is 11.0 Å². The van der Waals surface area contributed by atoms with E-state index in [4.69, 9.17) is 4.74 Å². The lowest BCUT2D eigenvalue weighted by Crippen LogP contribution is -2.55. The van der Waals surface area contributed by atoms with Gasteiger partial charge in [0.2, 0.25) is 11.5 Å². The lowest BCUT2D eigenvalue weighted by Gasteiger charge is -2.40. The van der Waals surface area contributed by atoms with Crippen molar-refractivity contribution in [3.63, 3.8) is 0 Å². The Morgan fingerprint density at radius 3 is 2.60 bits per heavy atom. The number of ether oxygens (including phenoxy) is 1. The summed E-state index contributed by atoms with van der Waals surface area (Å²) in [5, 5.41) is 9.66. The average molecular weight is 347 g/mol. The zero-order valence-corrected chi connectivity index (χ0v) is 14.0. The number of rotatable bonds is 4. The van der Waals surface area contributed by atoms with Gasteiger partial charge in [-0.05, 0) is 31.4 Å². The van der Waals surface area contributed by atoms with E-state index in [0.717, 1.165) is 19.3 Å². The van der Waals surface area contributed by atoms with Crippen molar-refractivity contribution in [1.82, 2.24) is 4.90 Å². The molecule has 3 rings (SSSR count). The second kappa shape index (κ2) is 7.25. The third kappa shape index (κ3) is 3.83. The van der Waals surface area contributed by atoms with E-state index in [0.29, 0.717) is 13.1 Å². The fraction of sp³-hybridized carbons (Fsp3) is 0.474. The minimum atomic E-state index is -1.42. The van der Waals surface area contributed by atoms with Gasteiger partial charge >= 0.3 is 5.97 Å². The summed E-state index contributed by atoms with van der Waals surface area (Å²) in [6.07, 6.45) is 6.99. The zero-order chi connectivity index (χ0) is 17.9. The first-order valence-corrected chi connectivity index (χ1v) is 8.62. The molecule has 1 saturated heterocycles. The number of piperidine rings is 1. The van der Waals surface area contributed by atoms with Crippen LogP contribution in [-0.4, -0.2) is 40.6 Å². The van der Waals surface area contributed by atoms with Gasteiger partial charge in [-0.3, -0.25) is 4.79 Å². The summed E-state index contributed by atoms with van der Waals surface area (Å²) in [7, 11) is 0. The van der Waals surface area contributed by atoms with E-state index in [9.17, 15) is 19.1 Å². The van der Waals surface area contributed by atoms with Crippen LogP contribution in [0, 0.1) is 11.7 Å². The Bertz CT molecular complexity index is 680. The van der Waals surface area contributed by atoms with Gasteiger partial charge in [0.05, 0.1) is 0 Å². The van der Waals surface area contributed by atoms with Gasteiger partial charge in [0.15, 0.2) is 0 Å². The monoisotopic (exact) mass is 347 g/mol. The molecule has 0 aromatic heterocycles. The molecule has 1 aliphatic carbocycles. The van der Waals surface area contributed by atoms with E-state index < -0.39 is 17.4 Å². The first-order valence-electron chi connectivity index (χ1n) is 8.62. The van der Waals surface area contributed by atoms with Gasteiger partial charge < -0.3 is 14.7 Å². The van der Waals surface area contributed by atoms with Crippen molar-refractivity contribution >= 4 is 11.9 Å². The van der Waals surface area contributed by atoms with Crippen molar-refractivity contribution in [3.05, 3.63) is 42.2 Å². The summed E-state index contributed by atoms with van der Waals surface area (Å²) in [5.74, 6) is -1.28. The molecule has 1 unspecified atom stereocenters. The highest BCUT2D eigenvalue weighted by Crippen LogP contribution is 2.31. The molecule has 1 atom stereocenters. The highest BCUT2D eigenvalue weighted by molar-refractivity contribution is 5.81. The third-order valence-corrected chi connectivity index (χ3v) is 5.00. The number of carbonyl (C=O) groups is 2. The molecule has 6 heteroatoms. The van der Waals surface area contributed by atoms with Crippen molar-refractivity contribution in [2.75, 3.05) is 13.1 Å². The lowest BCUT2D eigenvalue weighted by atomic mass is 9.88. The number of hydrogen-bond acceptors (Lipinski definition) is 3. The molecular weight excluding hydrogens is 325 g/mol. The summed E-state index contributed by atoms with van der Waals surface area (Å²) in [6, 6.07) is 5.48. The number of likely N-dealkylation sites (tertiary alicyclic amines) is 1. The van der Waals surface area contributed by atoms with Crippen LogP contribution >= 0.6 is 0 Å². The van der Waals surface area contributed by atoms with Crippen LogP contribution in [0.5, 0.6) is 5.75 Å². The highest BCUT2D eigenvalue weighted by Gasteiger charge is 2.45. The Morgan fingerprint density at radius 2 is 2.00 bits per heavy atom. The molecule has 1 aromatic carbocycles. The molecule has 1 aromatic rings. The predicted molar refractivity (Wildman–Crippen MR) is 89.7 cm³/mol. The summed E-state index contributed by atoms with van der Waals surface area (Å²) in [5.41, 5.74) is -1.42. The maximum Gasteiger partial charge on any atom is 0.348 e. The molecule has 0 spiro atoms. The molecule has 1 N–H and O–H groups in total. The van der Waals surface area contributed by atoms with Gasteiger partial charge in [0.1, 0.15) is 11.6 Å². The van der Waals surface area contributed by atoms with Crippen molar-refractivity contribution in [2.24, 2.45) is 5.92 Å². The number of carboxylic acid groups (broad SMARTS) is 1. The van der Waals surface area contributed by atoms with Crippen LogP contribution in [0.15, 0.2) is 36.4 Å². The maximum absolute atomic E-state index is 13.3. The topological polar surface area (TPSA) is 66.8 Å². The van der Waals surface area contributed by atoms with Gasteiger partial charge in [-0.25, -0.2) is 9.18 Å². The van der Waals surface area contributed by atoms with Crippen LogP contribution < -0.4 is 4.74 Å². The number of benzene rings is 1. The molecule has 1 fully saturated rings. The highest BCUT2D eigenvalue weighted by atomic mass is 19.1. The SMILES string of the molecule is O=C(C1CC=CCC1)N1CCC(Oc2cccc(F)c2)(C(=O)O)CC1. The minimum Gasteiger partial charge on any atom is -0.478 e. The molecule has 0 saturated carbocycles. The molecule has 134 valence electrons. The Labute approximate surface area is 146 Å². The minimum absolute atomic E-state index is 0.00790. The molecule has 1 aliphatic heterocycles. The Morgan fingerprint density at radius 1 is 1.24 bits per heavy atom. The lowest BCUT2D eigenvalue weighted by molar-refractivity contribution is -0.162. The standard InChI is InChI=1S/C19H22FNO4/c20-15-7-4-8-16(13-15)25-19(18(23)24)9-11-21(12-10-19)17(22)14-5-2-1-3-6-14/h1-2,4,7-8,13-14H,3,5-6,9-12H2,(H,23,24). The average Bonchev–Trinajstić information content (AvgIpc) is 2.62. The van der Waals surface area contributed by atoms with Gasteiger partial charge in [0, 0.05) is 37.9 Å². The second-order valence-corrected chi connectivity index (χ2v) is 6.67. The van der Waals surface area contributed by atoms with E-state index in [1.165, 1.54) is 18.2 Å². The van der Waals surface area contributed by atoms with Gasteiger partial charge in [0.25, 0.3) is 0 Å². The van der Waals surface area contributed by atoms with Crippen LogP contribution in [0.1, 0.15) is 32.1 Å². The van der Waals surface area contributed by atoms with Crippen LogP contribution in [0.25, 0.3) is 0 Å². The number of halogens is 1. The number of carboxylic acids is 1. The van der Waals surface area contributed by atoms with Crippen molar-refractivity contribution in [2.45, 2.75) is 37.7 Å². The summed E-state index contributed by atoms with van der Waals surface area (Å²) < 4.78 is 19.0. The number of aliphatic carboxylic acids is 1. The van der Waals surface area contributed by atoms with E-state index >= 15 is 0 Å². The number of allylic oxidation sites excluding steroid dienone is 2. The maximum atomic E-state index is 13.3. The Balaban J connectivity index is 1.67. The van der Waals surface area contributed by atoms with Gasteiger partial charge in [-0.15, -0.1) is 0 Å². The summed E-state index contributed by atoms with van der Waals surface area (Å²) in [4.78, 5) is 26.1. The first-order chi connectivity index (χ1) is 12.0. The Kier molecular flexibility index (Phi) is 5.06. The fourth-order valence-electron chi connectivity index (χ4n) is 3.48. The van der Waals surface area contributed by atoms with E-state index in [2.05, 4.69) is 6.08 Å². The zero-order valence-electron chi connectivity index (χ0n) is 14.0. The molecule has 0 bridgehead atoms. The van der Waals surface area contributed by atoms with Gasteiger partial charge in [-0.1, -0.05) is 18.2 Å². The molecule has 25 heavy (non-hydrogen) atoms. The fourth-order valence-corrected chi connectivity index (χ4v) is 3.48. The van der Waals surface area contributed by atoms with Crippen LogP contribution in [-0.2, 0) is 9.59 Å². The van der Waals surface area contributed by atoms with Crippen LogP contribution in [0.2, 0.25) is 0 Å². The molecular formula is C19H22FNO4. The van der Waals surface area contributed by atoms with E-state index in [-0.39, 0.29) is 30.4 Å². The molecule has 2 aliphatic rings. The largest absolute Gasteiger partial charge is 0.478 e. The molecule has 1 heterocycles. The number of amides is 1. The second-order valence-electron chi connectivity index (χ2n) is 6.67. The van der Waals surface area contributed by atoms with E-state index in [1.807, 2.05) is 6.08 Å². The molecule has 1 amide bonds. The quantitative estimate of drug-likeness (QED) is 0.850. The number of nitrogens with zero attached hydrogens (tertiary/aromatic N) is 1. The van der Waals surface area contributed by atoms with Crippen LogP contribution in [0.4, 0.5) is 4.39 Å². The van der Waals surface area contributed by atoms with Crippen molar-refractivity contribution in [3.8, 4) is 5.75 Å². The van der Waals surface area contributed by atoms with Gasteiger partial charge in [-0.2, -0.15) is 0 Å². The summed E-state index contributed by atoms with van der Waals surface area (Å²) in [6.45, 7) is 0.668. The number of carbonyl (C=O) groups excluding carboxylic acids is 1. The van der Waals surface area contributed by atoms with Crippen molar-refractivity contribution < 1.29 is 23.8 Å². The molecule has 5 nitrogen and oxygen atoms in total. The normalized spacial score (nSPS) is 22.4. The smallest absolute Gasteiger partial charge is 0.348 e. The third-order valence-electron chi connectivity index (χ3n) is 5.00. The summed E-state index contributed by atoms with van der Waals surface area (Å²) >= 11 is 0. The first kappa shape index (κ1) is 17.5. The number of hydrogen-bond donors (Lipinski definition) is 1. The van der Waals surface area contributed by atoms with Crippen LogP contribution in [0.3, 0.4) is 0 Å². The molecule has 0 radical (unpaired) electrons.